The Morgan fingerprint density at radius 3 is 2.65 bits per heavy atom. The predicted octanol–water partition coefficient (Wildman–Crippen LogP) is 2.31. The quantitative estimate of drug-likeness (QED) is 0.929. The molecule has 1 aromatic rings. The molecule has 1 unspecified atom stereocenters. The van der Waals surface area contributed by atoms with Gasteiger partial charge in [-0.2, -0.15) is 0 Å². The third-order valence-corrected chi connectivity index (χ3v) is 5.14. The van der Waals surface area contributed by atoms with Crippen LogP contribution in [0.15, 0.2) is 18.2 Å². The number of nitrogens with one attached hydrogen (secondary N) is 1. The number of methoxy groups -OCH3 is 2. The van der Waals surface area contributed by atoms with Crippen LogP contribution in [0.4, 0.5) is 0 Å². The SMILES string of the molecule is COc1ccc(C(=O)N2CCCC3(CCCNC3)C2)cc1OC. The summed E-state index contributed by atoms with van der Waals surface area (Å²) in [5.74, 6) is 1.34. The van der Waals surface area contributed by atoms with Crippen molar-refractivity contribution in [3.05, 3.63) is 23.8 Å². The topological polar surface area (TPSA) is 50.8 Å². The van der Waals surface area contributed by atoms with Crippen LogP contribution in [0.5, 0.6) is 11.5 Å². The van der Waals surface area contributed by atoms with Gasteiger partial charge in [-0.1, -0.05) is 0 Å². The number of rotatable bonds is 3. The van der Waals surface area contributed by atoms with Crippen LogP contribution in [0.3, 0.4) is 0 Å². The van der Waals surface area contributed by atoms with Crippen LogP contribution in [0, 0.1) is 5.41 Å². The van der Waals surface area contributed by atoms with Crippen LogP contribution in [0.25, 0.3) is 0 Å². The molecule has 2 heterocycles. The number of carbonyl (C=O) groups excluding carboxylic acids is 1. The number of benzene rings is 1. The molecule has 1 spiro atoms. The lowest BCUT2D eigenvalue weighted by Crippen LogP contribution is -2.52. The summed E-state index contributed by atoms with van der Waals surface area (Å²) in [4.78, 5) is 14.9. The number of nitrogens with zero attached hydrogens (tertiary/aromatic N) is 1. The van der Waals surface area contributed by atoms with Gasteiger partial charge < -0.3 is 19.7 Å². The number of likely N-dealkylation sites (tertiary alicyclic amines) is 1. The summed E-state index contributed by atoms with van der Waals surface area (Å²) in [7, 11) is 3.19. The fourth-order valence-electron chi connectivity index (χ4n) is 3.91. The van der Waals surface area contributed by atoms with Gasteiger partial charge in [-0.05, 0) is 50.4 Å². The summed E-state index contributed by atoms with van der Waals surface area (Å²) in [6.45, 7) is 3.83. The van der Waals surface area contributed by atoms with Crippen molar-refractivity contribution in [2.45, 2.75) is 25.7 Å². The lowest BCUT2D eigenvalue weighted by molar-refractivity contribution is 0.0433. The van der Waals surface area contributed by atoms with Crippen LogP contribution in [-0.4, -0.2) is 51.2 Å². The molecule has 126 valence electrons. The lowest BCUT2D eigenvalue weighted by atomic mass is 9.74. The number of carbonyl (C=O) groups is 1. The molecule has 0 aliphatic carbocycles. The molecule has 3 rings (SSSR count). The molecule has 0 radical (unpaired) electrons. The standard InChI is InChI=1S/C18H26N2O3/c1-22-15-6-5-14(11-16(15)23-2)17(21)20-10-4-8-18(13-20)7-3-9-19-12-18/h5-6,11,19H,3-4,7-10,12-13H2,1-2H3. The van der Waals surface area contributed by atoms with Gasteiger partial charge in [0.1, 0.15) is 0 Å². The Morgan fingerprint density at radius 2 is 1.96 bits per heavy atom. The van der Waals surface area contributed by atoms with Gasteiger partial charge in [0.25, 0.3) is 5.91 Å². The summed E-state index contributed by atoms with van der Waals surface area (Å²) in [6.07, 6.45) is 4.73. The molecule has 23 heavy (non-hydrogen) atoms. The zero-order chi connectivity index (χ0) is 16.3. The van der Waals surface area contributed by atoms with Crippen LogP contribution >= 0.6 is 0 Å². The zero-order valence-electron chi connectivity index (χ0n) is 14.1. The maximum absolute atomic E-state index is 12.9. The Morgan fingerprint density at radius 1 is 1.17 bits per heavy atom. The normalized spacial score (nSPS) is 24.5. The van der Waals surface area contributed by atoms with Gasteiger partial charge in [-0.15, -0.1) is 0 Å². The van der Waals surface area contributed by atoms with Crippen LogP contribution in [-0.2, 0) is 0 Å². The van der Waals surface area contributed by atoms with Crippen LogP contribution in [0.1, 0.15) is 36.0 Å². The van der Waals surface area contributed by atoms with Gasteiger partial charge in [0.05, 0.1) is 14.2 Å². The van der Waals surface area contributed by atoms with Crippen molar-refractivity contribution in [3.63, 3.8) is 0 Å². The maximum atomic E-state index is 12.9. The summed E-state index contributed by atoms with van der Waals surface area (Å²) in [5, 5.41) is 3.50. The second-order valence-corrected chi connectivity index (χ2v) is 6.68. The monoisotopic (exact) mass is 318 g/mol. The van der Waals surface area contributed by atoms with E-state index in [4.69, 9.17) is 9.47 Å². The van der Waals surface area contributed by atoms with E-state index >= 15 is 0 Å². The minimum atomic E-state index is 0.0931. The highest BCUT2D eigenvalue weighted by molar-refractivity contribution is 5.95. The smallest absolute Gasteiger partial charge is 0.254 e. The van der Waals surface area contributed by atoms with E-state index in [1.54, 1.807) is 26.4 Å². The molecule has 0 bridgehead atoms. The average Bonchev–Trinajstić information content (AvgIpc) is 2.61. The Kier molecular flexibility index (Phi) is 4.76. The number of piperidine rings is 2. The van der Waals surface area contributed by atoms with Crippen molar-refractivity contribution in [1.82, 2.24) is 10.2 Å². The fraction of sp³-hybridized carbons (Fsp3) is 0.611. The zero-order valence-corrected chi connectivity index (χ0v) is 14.1. The minimum absolute atomic E-state index is 0.0931. The molecule has 1 aromatic carbocycles. The molecule has 0 aromatic heterocycles. The van der Waals surface area contributed by atoms with Crippen molar-refractivity contribution in [2.75, 3.05) is 40.4 Å². The maximum Gasteiger partial charge on any atom is 0.254 e. The molecule has 5 nitrogen and oxygen atoms in total. The second kappa shape index (κ2) is 6.79. The Labute approximate surface area is 137 Å². The Balaban J connectivity index is 1.77. The van der Waals surface area contributed by atoms with Crippen molar-refractivity contribution >= 4 is 5.91 Å². The summed E-state index contributed by atoms with van der Waals surface area (Å²) < 4.78 is 10.6. The predicted molar refractivity (Wildman–Crippen MR) is 89.2 cm³/mol. The highest BCUT2D eigenvalue weighted by Gasteiger charge is 2.38. The fourth-order valence-corrected chi connectivity index (χ4v) is 3.91. The first-order valence-electron chi connectivity index (χ1n) is 8.39. The van der Waals surface area contributed by atoms with Crippen molar-refractivity contribution in [2.24, 2.45) is 5.41 Å². The molecule has 2 saturated heterocycles. The molecule has 1 amide bonds. The van der Waals surface area contributed by atoms with Crippen molar-refractivity contribution in [1.29, 1.82) is 0 Å². The highest BCUT2D eigenvalue weighted by Crippen LogP contribution is 2.37. The van der Waals surface area contributed by atoms with Gasteiger partial charge in [0.2, 0.25) is 0 Å². The van der Waals surface area contributed by atoms with Crippen molar-refractivity contribution < 1.29 is 14.3 Å². The van der Waals surface area contributed by atoms with Gasteiger partial charge >= 0.3 is 0 Å². The van der Waals surface area contributed by atoms with Gasteiger partial charge in [0.15, 0.2) is 11.5 Å². The first kappa shape index (κ1) is 16.1. The van der Waals surface area contributed by atoms with E-state index in [0.29, 0.717) is 17.1 Å². The van der Waals surface area contributed by atoms with E-state index in [0.717, 1.165) is 32.6 Å². The number of ether oxygens (including phenoxy) is 2. The first-order chi connectivity index (χ1) is 11.2. The van der Waals surface area contributed by atoms with Gasteiger partial charge in [-0.25, -0.2) is 0 Å². The molecule has 0 saturated carbocycles. The number of hydrogen-bond acceptors (Lipinski definition) is 4. The largest absolute Gasteiger partial charge is 0.493 e. The van der Waals surface area contributed by atoms with Gasteiger partial charge in [-0.3, -0.25) is 4.79 Å². The average molecular weight is 318 g/mol. The molecular formula is C18H26N2O3. The summed E-state index contributed by atoms with van der Waals surface area (Å²) in [5.41, 5.74) is 0.936. The van der Waals surface area contributed by atoms with E-state index in [-0.39, 0.29) is 11.3 Å². The second-order valence-electron chi connectivity index (χ2n) is 6.68. The highest BCUT2D eigenvalue weighted by atomic mass is 16.5. The summed E-state index contributed by atoms with van der Waals surface area (Å²) >= 11 is 0. The lowest BCUT2D eigenvalue weighted by Gasteiger charge is -2.45. The Hall–Kier alpha value is -1.75. The first-order valence-corrected chi connectivity index (χ1v) is 8.39. The number of amides is 1. The molecule has 2 aliphatic rings. The number of hydrogen-bond donors (Lipinski definition) is 1. The van der Waals surface area contributed by atoms with E-state index in [2.05, 4.69) is 5.32 Å². The van der Waals surface area contributed by atoms with Crippen LogP contribution < -0.4 is 14.8 Å². The Bertz CT molecular complexity index is 562. The van der Waals surface area contributed by atoms with Crippen LogP contribution in [0.2, 0.25) is 0 Å². The molecule has 5 heteroatoms. The molecular weight excluding hydrogens is 292 g/mol. The summed E-state index contributed by atoms with van der Waals surface area (Å²) in [6, 6.07) is 5.40. The van der Waals surface area contributed by atoms with Crippen molar-refractivity contribution in [3.8, 4) is 11.5 Å². The van der Waals surface area contributed by atoms with E-state index in [9.17, 15) is 4.79 Å². The molecule has 2 aliphatic heterocycles. The minimum Gasteiger partial charge on any atom is -0.493 e. The molecule has 2 fully saturated rings. The van der Waals surface area contributed by atoms with Gasteiger partial charge in [0, 0.05) is 30.6 Å². The van der Waals surface area contributed by atoms with E-state index < -0.39 is 0 Å². The van der Waals surface area contributed by atoms with E-state index in [1.807, 2.05) is 11.0 Å². The van der Waals surface area contributed by atoms with E-state index in [1.165, 1.54) is 19.3 Å². The molecule has 1 N–H and O–H groups in total. The molecule has 1 atom stereocenters. The third-order valence-electron chi connectivity index (χ3n) is 5.14. The third kappa shape index (κ3) is 3.29.